The fourth-order valence-electron chi connectivity index (χ4n) is 2.65. The minimum absolute atomic E-state index is 0.154. The van der Waals surface area contributed by atoms with E-state index in [0.29, 0.717) is 16.5 Å². The van der Waals surface area contributed by atoms with Crippen LogP contribution in [-0.2, 0) is 4.79 Å². The van der Waals surface area contributed by atoms with Crippen LogP contribution in [0.1, 0.15) is 43.7 Å². The Morgan fingerprint density at radius 3 is 2.80 bits per heavy atom. The van der Waals surface area contributed by atoms with Gasteiger partial charge in [-0.2, -0.15) is 0 Å². The smallest absolute Gasteiger partial charge is 0.223 e. The first-order chi connectivity index (χ1) is 9.63. The maximum absolute atomic E-state index is 12.3. The van der Waals surface area contributed by atoms with Gasteiger partial charge in [-0.1, -0.05) is 45.2 Å². The molecule has 1 aromatic carbocycles. The lowest BCUT2D eigenvalue weighted by Crippen LogP contribution is -2.30. The molecule has 0 N–H and O–H groups in total. The van der Waals surface area contributed by atoms with Gasteiger partial charge in [-0.15, -0.1) is 0 Å². The molecule has 1 atom stereocenters. The topological polar surface area (TPSA) is 20.3 Å². The molecule has 1 saturated heterocycles. The molecular weight excluding hydrogens is 361 g/mol. The van der Waals surface area contributed by atoms with E-state index in [0.717, 1.165) is 43.1 Å². The Hall–Kier alpha value is -0.250. The van der Waals surface area contributed by atoms with Crippen LogP contribution in [0.4, 0.5) is 0 Å². The van der Waals surface area contributed by atoms with Crippen molar-refractivity contribution in [3.8, 4) is 0 Å². The molecule has 0 aliphatic carbocycles. The third-order valence-corrected chi connectivity index (χ3v) is 4.98. The number of carbonyl (C=O) groups excluding carboxylic acids is 1. The highest BCUT2D eigenvalue weighted by Crippen LogP contribution is 2.35. The molecule has 0 saturated carbocycles. The first-order valence-corrected chi connectivity index (χ1v) is 8.81. The second-order valence-corrected chi connectivity index (χ2v) is 6.67. The van der Waals surface area contributed by atoms with Crippen molar-refractivity contribution in [2.45, 2.75) is 38.1 Å². The van der Waals surface area contributed by atoms with Crippen molar-refractivity contribution in [3.63, 3.8) is 0 Å². The standard InChI is InChI=1S/C15H18BrCl2NO/c16-8-2-1-5-15(20)19-9-3-4-14(19)11-6-7-12(17)13(18)10-11/h6-7,10,14H,1-5,8-9H2. The van der Waals surface area contributed by atoms with Gasteiger partial charge in [0.1, 0.15) is 0 Å². The Labute approximate surface area is 138 Å². The number of hydrogen-bond donors (Lipinski definition) is 0. The average molecular weight is 379 g/mol. The minimum atomic E-state index is 0.154. The second-order valence-electron chi connectivity index (χ2n) is 5.06. The molecule has 20 heavy (non-hydrogen) atoms. The van der Waals surface area contributed by atoms with E-state index in [1.54, 1.807) is 0 Å². The highest BCUT2D eigenvalue weighted by molar-refractivity contribution is 9.09. The molecule has 1 aliphatic heterocycles. The monoisotopic (exact) mass is 377 g/mol. The van der Waals surface area contributed by atoms with Crippen LogP contribution in [0.2, 0.25) is 10.0 Å². The fourth-order valence-corrected chi connectivity index (χ4v) is 3.35. The summed E-state index contributed by atoms with van der Waals surface area (Å²) < 4.78 is 0. The van der Waals surface area contributed by atoms with Crippen molar-refractivity contribution >= 4 is 45.0 Å². The lowest BCUT2D eigenvalue weighted by Gasteiger charge is -2.25. The minimum Gasteiger partial charge on any atom is -0.336 e. The Kier molecular flexibility index (Phi) is 6.19. The van der Waals surface area contributed by atoms with Crippen LogP contribution in [0, 0.1) is 0 Å². The quantitative estimate of drug-likeness (QED) is 0.507. The van der Waals surface area contributed by atoms with Crippen molar-refractivity contribution in [2.24, 2.45) is 0 Å². The number of alkyl halides is 1. The molecule has 2 nitrogen and oxygen atoms in total. The molecule has 1 heterocycles. The van der Waals surface area contributed by atoms with Crippen molar-refractivity contribution in [1.82, 2.24) is 4.90 Å². The number of halogens is 3. The SMILES string of the molecule is O=C(CCCCBr)N1CCCC1c1ccc(Cl)c(Cl)c1. The third kappa shape index (κ3) is 3.90. The van der Waals surface area contributed by atoms with Gasteiger partial charge in [0.05, 0.1) is 16.1 Å². The van der Waals surface area contributed by atoms with E-state index in [4.69, 9.17) is 23.2 Å². The van der Waals surface area contributed by atoms with Crippen LogP contribution in [-0.4, -0.2) is 22.7 Å². The first-order valence-electron chi connectivity index (χ1n) is 6.94. The van der Waals surface area contributed by atoms with Gasteiger partial charge >= 0.3 is 0 Å². The van der Waals surface area contributed by atoms with E-state index < -0.39 is 0 Å². The highest BCUT2D eigenvalue weighted by atomic mass is 79.9. The highest BCUT2D eigenvalue weighted by Gasteiger charge is 2.29. The van der Waals surface area contributed by atoms with Gasteiger partial charge in [0.25, 0.3) is 0 Å². The summed E-state index contributed by atoms with van der Waals surface area (Å²) >= 11 is 15.4. The molecule has 1 unspecified atom stereocenters. The lowest BCUT2D eigenvalue weighted by atomic mass is 10.0. The Bertz CT molecular complexity index is 481. The summed E-state index contributed by atoms with van der Waals surface area (Å²) in [5.74, 6) is 0.250. The molecule has 1 aliphatic rings. The number of unbranched alkanes of at least 4 members (excludes halogenated alkanes) is 1. The number of benzene rings is 1. The largest absolute Gasteiger partial charge is 0.336 e. The van der Waals surface area contributed by atoms with Crippen molar-refractivity contribution in [1.29, 1.82) is 0 Å². The third-order valence-electron chi connectivity index (χ3n) is 3.68. The zero-order valence-corrected chi connectivity index (χ0v) is 14.3. The number of hydrogen-bond acceptors (Lipinski definition) is 1. The van der Waals surface area contributed by atoms with E-state index in [9.17, 15) is 4.79 Å². The van der Waals surface area contributed by atoms with Gasteiger partial charge in [-0.05, 0) is 43.4 Å². The van der Waals surface area contributed by atoms with E-state index in [1.807, 2.05) is 23.1 Å². The zero-order chi connectivity index (χ0) is 14.5. The summed E-state index contributed by atoms with van der Waals surface area (Å²) in [6.07, 6.45) is 4.66. The first kappa shape index (κ1) is 16.1. The van der Waals surface area contributed by atoms with Crippen LogP contribution in [0.5, 0.6) is 0 Å². The van der Waals surface area contributed by atoms with Crippen LogP contribution < -0.4 is 0 Å². The molecule has 1 fully saturated rings. The summed E-state index contributed by atoms with van der Waals surface area (Å²) in [5, 5.41) is 2.07. The van der Waals surface area contributed by atoms with Crippen LogP contribution in [0.15, 0.2) is 18.2 Å². The van der Waals surface area contributed by atoms with Crippen LogP contribution >= 0.6 is 39.1 Å². The molecule has 5 heteroatoms. The van der Waals surface area contributed by atoms with Gasteiger partial charge in [-0.25, -0.2) is 0 Å². The van der Waals surface area contributed by atoms with E-state index in [1.165, 1.54) is 0 Å². The summed E-state index contributed by atoms with van der Waals surface area (Å²) in [4.78, 5) is 14.3. The summed E-state index contributed by atoms with van der Waals surface area (Å²) in [5.41, 5.74) is 1.09. The van der Waals surface area contributed by atoms with Gasteiger partial charge in [0.15, 0.2) is 0 Å². The van der Waals surface area contributed by atoms with Gasteiger partial charge in [0.2, 0.25) is 5.91 Å². The molecule has 1 aromatic rings. The second kappa shape index (κ2) is 7.67. The molecule has 0 bridgehead atoms. The van der Waals surface area contributed by atoms with Gasteiger partial charge in [-0.3, -0.25) is 4.79 Å². The number of nitrogens with zero attached hydrogens (tertiary/aromatic N) is 1. The molecule has 110 valence electrons. The maximum atomic E-state index is 12.3. The fraction of sp³-hybridized carbons (Fsp3) is 0.533. The lowest BCUT2D eigenvalue weighted by molar-refractivity contribution is -0.132. The predicted octanol–water partition coefficient (Wildman–Crippen LogP) is 5.22. The summed E-state index contributed by atoms with van der Waals surface area (Å²) in [6, 6.07) is 5.83. The molecule has 2 rings (SSSR count). The van der Waals surface area contributed by atoms with E-state index in [-0.39, 0.29) is 11.9 Å². The predicted molar refractivity (Wildman–Crippen MR) is 87.8 cm³/mol. The molecule has 0 aromatic heterocycles. The summed E-state index contributed by atoms with van der Waals surface area (Å²) in [6.45, 7) is 0.845. The normalized spacial score (nSPS) is 18.6. The number of likely N-dealkylation sites (tertiary alicyclic amines) is 1. The number of amides is 1. The Balaban J connectivity index is 2.06. The Morgan fingerprint density at radius 1 is 1.30 bits per heavy atom. The zero-order valence-electron chi connectivity index (χ0n) is 11.2. The molecule has 1 amide bonds. The van der Waals surface area contributed by atoms with Crippen molar-refractivity contribution in [2.75, 3.05) is 11.9 Å². The molecule has 0 radical (unpaired) electrons. The van der Waals surface area contributed by atoms with Crippen LogP contribution in [0.3, 0.4) is 0 Å². The van der Waals surface area contributed by atoms with Gasteiger partial charge < -0.3 is 4.90 Å². The van der Waals surface area contributed by atoms with E-state index in [2.05, 4.69) is 15.9 Å². The Morgan fingerprint density at radius 2 is 2.10 bits per heavy atom. The maximum Gasteiger partial charge on any atom is 0.223 e. The average Bonchev–Trinajstić information content (AvgIpc) is 2.91. The van der Waals surface area contributed by atoms with Crippen molar-refractivity contribution in [3.05, 3.63) is 33.8 Å². The van der Waals surface area contributed by atoms with Gasteiger partial charge in [0, 0.05) is 18.3 Å². The number of carbonyl (C=O) groups is 1. The molecular formula is C15H18BrCl2NO. The van der Waals surface area contributed by atoms with Crippen LogP contribution in [0.25, 0.3) is 0 Å². The van der Waals surface area contributed by atoms with E-state index >= 15 is 0 Å². The summed E-state index contributed by atoms with van der Waals surface area (Å²) in [7, 11) is 0. The number of rotatable bonds is 5. The molecule has 0 spiro atoms. The van der Waals surface area contributed by atoms with Crippen molar-refractivity contribution < 1.29 is 4.79 Å².